The van der Waals surface area contributed by atoms with Gasteiger partial charge in [-0.25, -0.2) is 0 Å². The Morgan fingerprint density at radius 3 is 2.41 bits per heavy atom. The lowest BCUT2D eigenvalue weighted by molar-refractivity contribution is 0.102. The molecule has 6 heteroatoms. The number of amides is 1. The number of nitrogens with one attached hydrogen (secondary N) is 1. The van der Waals surface area contributed by atoms with Crippen molar-refractivity contribution in [3.63, 3.8) is 0 Å². The van der Waals surface area contributed by atoms with Crippen molar-refractivity contribution < 1.29 is 4.79 Å². The van der Waals surface area contributed by atoms with Crippen LogP contribution in [0.4, 0.5) is 11.4 Å². The number of rotatable bonds is 5. The molecule has 2 aromatic carbocycles. The average Bonchev–Trinajstić information content (AvgIpc) is 2.65. The van der Waals surface area contributed by atoms with E-state index in [4.69, 9.17) is 23.2 Å². The third kappa shape index (κ3) is 5.16. The molecule has 4 nitrogen and oxygen atoms in total. The van der Waals surface area contributed by atoms with Gasteiger partial charge < -0.3 is 15.1 Å². The maximum atomic E-state index is 12.4. The predicted molar refractivity (Wildman–Crippen MR) is 114 cm³/mol. The summed E-state index contributed by atoms with van der Waals surface area (Å²) in [7, 11) is 4.27. The van der Waals surface area contributed by atoms with Crippen LogP contribution in [0.3, 0.4) is 0 Å². The summed E-state index contributed by atoms with van der Waals surface area (Å²) in [5.41, 5.74) is 2.30. The van der Waals surface area contributed by atoms with E-state index in [0.29, 0.717) is 10.6 Å². The SMILES string of the molecule is CN(C)CC1CCN(c2ccc(NC(=O)c3cccc(Cl)c3Cl)cc2)CC1. The van der Waals surface area contributed by atoms with Gasteiger partial charge in [0.05, 0.1) is 15.6 Å². The van der Waals surface area contributed by atoms with Crippen molar-refractivity contribution in [1.29, 1.82) is 0 Å². The van der Waals surface area contributed by atoms with E-state index >= 15 is 0 Å². The van der Waals surface area contributed by atoms with Crippen LogP contribution in [0.1, 0.15) is 23.2 Å². The van der Waals surface area contributed by atoms with Gasteiger partial charge in [0, 0.05) is 31.0 Å². The molecule has 0 aliphatic carbocycles. The van der Waals surface area contributed by atoms with E-state index in [1.54, 1.807) is 18.2 Å². The molecule has 0 saturated carbocycles. The normalized spacial score (nSPS) is 15.2. The van der Waals surface area contributed by atoms with Crippen LogP contribution in [-0.4, -0.2) is 44.5 Å². The Labute approximate surface area is 171 Å². The van der Waals surface area contributed by atoms with Crippen LogP contribution >= 0.6 is 23.2 Å². The molecule has 0 atom stereocenters. The summed E-state index contributed by atoms with van der Waals surface area (Å²) in [6, 6.07) is 13.0. The molecule has 0 unspecified atom stereocenters. The van der Waals surface area contributed by atoms with Gasteiger partial charge >= 0.3 is 0 Å². The van der Waals surface area contributed by atoms with Crippen molar-refractivity contribution in [1.82, 2.24) is 4.90 Å². The van der Waals surface area contributed by atoms with Gasteiger partial charge in [-0.05, 0) is 69.3 Å². The molecule has 1 fully saturated rings. The molecule has 1 amide bonds. The molecule has 0 bridgehead atoms. The van der Waals surface area contributed by atoms with Gasteiger partial charge in [-0.15, -0.1) is 0 Å². The summed E-state index contributed by atoms with van der Waals surface area (Å²) >= 11 is 12.1. The van der Waals surface area contributed by atoms with Gasteiger partial charge in [0.1, 0.15) is 0 Å². The van der Waals surface area contributed by atoms with Gasteiger partial charge in [-0.1, -0.05) is 29.3 Å². The monoisotopic (exact) mass is 405 g/mol. The Hall–Kier alpha value is -1.75. The van der Waals surface area contributed by atoms with Crippen molar-refractivity contribution in [2.75, 3.05) is 43.9 Å². The van der Waals surface area contributed by atoms with Crippen LogP contribution in [0.2, 0.25) is 10.0 Å². The van der Waals surface area contributed by atoms with Crippen molar-refractivity contribution in [3.05, 3.63) is 58.1 Å². The Morgan fingerprint density at radius 2 is 1.78 bits per heavy atom. The maximum Gasteiger partial charge on any atom is 0.257 e. The number of anilines is 2. The number of carbonyl (C=O) groups is 1. The Morgan fingerprint density at radius 1 is 1.11 bits per heavy atom. The highest BCUT2D eigenvalue weighted by Crippen LogP contribution is 2.27. The van der Waals surface area contributed by atoms with Crippen LogP contribution in [0.25, 0.3) is 0 Å². The van der Waals surface area contributed by atoms with E-state index in [0.717, 1.165) is 31.2 Å². The smallest absolute Gasteiger partial charge is 0.257 e. The number of benzene rings is 2. The second-order valence-electron chi connectivity index (χ2n) is 7.30. The molecule has 2 aromatic rings. The predicted octanol–water partition coefficient (Wildman–Crippen LogP) is 5.02. The van der Waals surface area contributed by atoms with Crippen LogP contribution in [-0.2, 0) is 0 Å². The molecule has 0 radical (unpaired) electrons. The lowest BCUT2D eigenvalue weighted by Crippen LogP contribution is -2.37. The highest BCUT2D eigenvalue weighted by atomic mass is 35.5. The third-order valence-corrected chi connectivity index (χ3v) is 5.74. The van der Waals surface area contributed by atoms with Crippen molar-refractivity contribution in [3.8, 4) is 0 Å². The first-order chi connectivity index (χ1) is 12.9. The van der Waals surface area contributed by atoms with Gasteiger partial charge in [0.25, 0.3) is 5.91 Å². The minimum Gasteiger partial charge on any atom is -0.372 e. The minimum absolute atomic E-state index is 0.264. The van der Waals surface area contributed by atoms with E-state index in [9.17, 15) is 4.79 Å². The summed E-state index contributed by atoms with van der Waals surface area (Å²) in [6.45, 7) is 3.30. The van der Waals surface area contributed by atoms with E-state index in [1.807, 2.05) is 12.1 Å². The van der Waals surface area contributed by atoms with Crippen LogP contribution in [0.15, 0.2) is 42.5 Å². The van der Waals surface area contributed by atoms with E-state index in [-0.39, 0.29) is 10.9 Å². The minimum atomic E-state index is -0.264. The van der Waals surface area contributed by atoms with Gasteiger partial charge in [0.15, 0.2) is 0 Å². The highest BCUT2D eigenvalue weighted by molar-refractivity contribution is 6.44. The fraction of sp³-hybridized carbons (Fsp3) is 0.381. The molecule has 1 saturated heterocycles. The molecule has 1 aliphatic rings. The molecule has 1 heterocycles. The van der Waals surface area contributed by atoms with Crippen molar-refractivity contribution in [2.45, 2.75) is 12.8 Å². The summed E-state index contributed by atoms with van der Waals surface area (Å²) in [4.78, 5) is 17.1. The number of halogens is 2. The quantitative estimate of drug-likeness (QED) is 0.757. The second kappa shape index (κ2) is 8.96. The summed E-state index contributed by atoms with van der Waals surface area (Å²) in [5.74, 6) is 0.511. The molecular weight excluding hydrogens is 381 g/mol. The van der Waals surface area contributed by atoms with Gasteiger partial charge in [-0.2, -0.15) is 0 Å². The molecule has 0 aromatic heterocycles. The maximum absolute atomic E-state index is 12.4. The van der Waals surface area contributed by atoms with Crippen LogP contribution in [0.5, 0.6) is 0 Å². The zero-order valence-corrected chi connectivity index (χ0v) is 17.2. The molecular formula is C21H25Cl2N3O. The molecule has 27 heavy (non-hydrogen) atoms. The first-order valence-electron chi connectivity index (χ1n) is 9.19. The van der Waals surface area contributed by atoms with E-state index < -0.39 is 0 Å². The number of hydrogen-bond donors (Lipinski definition) is 1. The molecule has 3 rings (SSSR count). The van der Waals surface area contributed by atoms with Gasteiger partial charge in [-0.3, -0.25) is 4.79 Å². The standard InChI is InChI=1S/C21H25Cl2N3O/c1-25(2)14-15-10-12-26(13-11-15)17-8-6-16(7-9-17)24-21(27)18-4-3-5-19(22)20(18)23/h3-9,15H,10-14H2,1-2H3,(H,24,27). The highest BCUT2D eigenvalue weighted by Gasteiger charge is 2.20. The molecule has 1 N–H and O–H groups in total. The first kappa shape index (κ1) is 20.0. The number of nitrogens with zero attached hydrogens (tertiary/aromatic N) is 2. The summed E-state index contributed by atoms with van der Waals surface area (Å²) in [6.07, 6.45) is 2.42. The largest absolute Gasteiger partial charge is 0.372 e. The average molecular weight is 406 g/mol. The fourth-order valence-corrected chi connectivity index (χ4v) is 3.91. The first-order valence-corrected chi connectivity index (χ1v) is 9.94. The van der Waals surface area contributed by atoms with Gasteiger partial charge in [0.2, 0.25) is 0 Å². The zero-order chi connectivity index (χ0) is 19.4. The van der Waals surface area contributed by atoms with Crippen LogP contribution in [0, 0.1) is 5.92 Å². The number of piperidine rings is 1. The summed E-state index contributed by atoms with van der Waals surface area (Å²) in [5, 5.41) is 3.52. The number of hydrogen-bond acceptors (Lipinski definition) is 3. The lowest BCUT2D eigenvalue weighted by Gasteiger charge is -2.34. The van der Waals surface area contributed by atoms with Crippen molar-refractivity contribution >= 4 is 40.5 Å². The second-order valence-corrected chi connectivity index (χ2v) is 8.08. The Kier molecular flexibility index (Phi) is 6.64. The van der Waals surface area contributed by atoms with Crippen LogP contribution < -0.4 is 10.2 Å². The fourth-order valence-electron chi connectivity index (χ4n) is 3.52. The molecule has 0 spiro atoms. The summed E-state index contributed by atoms with van der Waals surface area (Å²) < 4.78 is 0. The Bertz CT molecular complexity index is 785. The number of carbonyl (C=O) groups excluding carboxylic acids is 1. The zero-order valence-electron chi connectivity index (χ0n) is 15.7. The van der Waals surface area contributed by atoms with Crippen molar-refractivity contribution in [2.24, 2.45) is 5.92 Å². The lowest BCUT2D eigenvalue weighted by atomic mass is 9.96. The third-order valence-electron chi connectivity index (χ3n) is 4.92. The van der Waals surface area contributed by atoms with E-state index in [1.165, 1.54) is 18.5 Å². The van der Waals surface area contributed by atoms with E-state index in [2.05, 4.69) is 41.3 Å². The topological polar surface area (TPSA) is 35.6 Å². The molecule has 1 aliphatic heterocycles. The Balaban J connectivity index is 1.59. The molecule has 144 valence electrons.